The van der Waals surface area contributed by atoms with Gasteiger partial charge in [-0.3, -0.25) is 14.5 Å². The van der Waals surface area contributed by atoms with E-state index in [0.717, 1.165) is 27.4 Å². The Morgan fingerprint density at radius 1 is 1.00 bits per heavy atom. The Kier molecular flexibility index (Phi) is 4.45. The lowest BCUT2D eigenvalue weighted by Gasteiger charge is -2.12. The van der Waals surface area contributed by atoms with E-state index in [-0.39, 0.29) is 11.1 Å². The molecule has 0 N–H and O–H groups in total. The van der Waals surface area contributed by atoms with Gasteiger partial charge in [0.2, 0.25) is 0 Å². The average Bonchev–Trinajstić information content (AvgIpc) is 2.78. The van der Waals surface area contributed by atoms with Crippen molar-refractivity contribution in [1.29, 1.82) is 0 Å². The molecule has 0 spiro atoms. The number of amides is 2. The summed E-state index contributed by atoms with van der Waals surface area (Å²) in [7, 11) is 0. The molecule has 3 nitrogen and oxygen atoms in total. The van der Waals surface area contributed by atoms with Crippen molar-refractivity contribution in [3.05, 3.63) is 75.1 Å². The van der Waals surface area contributed by atoms with Gasteiger partial charge in [-0.15, -0.1) is 0 Å². The summed E-state index contributed by atoms with van der Waals surface area (Å²) < 4.78 is 0.893. The van der Waals surface area contributed by atoms with Crippen LogP contribution in [0.3, 0.4) is 0 Å². The van der Waals surface area contributed by atoms with Crippen molar-refractivity contribution >= 4 is 44.9 Å². The first kappa shape index (κ1) is 15.1. The highest BCUT2D eigenvalue weighted by atomic mass is 79.9. The normalized spacial score (nSPS) is 16.6. The van der Waals surface area contributed by atoms with Crippen molar-refractivity contribution in [2.45, 2.75) is 6.54 Å². The number of imide groups is 1. The molecule has 0 aliphatic carbocycles. The third-order valence-electron chi connectivity index (χ3n) is 3.25. The quantitative estimate of drug-likeness (QED) is 0.732. The number of rotatable bonds is 3. The van der Waals surface area contributed by atoms with Gasteiger partial charge in [-0.1, -0.05) is 64.5 Å². The third kappa shape index (κ3) is 3.15. The molecule has 2 aromatic carbocycles. The molecule has 1 saturated heterocycles. The number of hydrogen-bond donors (Lipinski definition) is 0. The fourth-order valence-electron chi connectivity index (χ4n) is 2.14. The Labute approximate surface area is 141 Å². The van der Waals surface area contributed by atoms with E-state index in [1.54, 1.807) is 6.08 Å². The zero-order valence-corrected chi connectivity index (χ0v) is 13.9. The molecule has 1 aliphatic rings. The third-order valence-corrected chi connectivity index (χ3v) is 4.88. The van der Waals surface area contributed by atoms with E-state index >= 15 is 0 Å². The second kappa shape index (κ2) is 6.50. The number of halogens is 1. The number of thioether (sulfide) groups is 1. The summed E-state index contributed by atoms with van der Waals surface area (Å²) in [6.07, 6.45) is 1.75. The van der Waals surface area contributed by atoms with Crippen molar-refractivity contribution in [1.82, 2.24) is 4.90 Å². The summed E-state index contributed by atoms with van der Waals surface area (Å²) in [5.41, 5.74) is 1.82. The summed E-state index contributed by atoms with van der Waals surface area (Å²) in [6.45, 7) is 0.304. The summed E-state index contributed by atoms with van der Waals surface area (Å²) in [5.74, 6) is -0.241. The largest absolute Gasteiger partial charge is 0.293 e. The Balaban J connectivity index is 1.84. The maximum atomic E-state index is 12.4. The second-order valence-electron chi connectivity index (χ2n) is 4.77. The number of hydrogen-bond acceptors (Lipinski definition) is 3. The van der Waals surface area contributed by atoms with Gasteiger partial charge in [0.25, 0.3) is 11.1 Å². The van der Waals surface area contributed by atoms with Crippen LogP contribution in [0.5, 0.6) is 0 Å². The fourth-order valence-corrected chi connectivity index (χ4v) is 3.36. The molecular formula is C17H12BrNO2S. The van der Waals surface area contributed by atoms with Crippen molar-refractivity contribution in [3.63, 3.8) is 0 Å². The minimum Gasteiger partial charge on any atom is -0.268 e. The zero-order valence-electron chi connectivity index (χ0n) is 11.5. The summed E-state index contributed by atoms with van der Waals surface area (Å²) >= 11 is 4.43. The van der Waals surface area contributed by atoms with E-state index in [0.29, 0.717) is 11.4 Å². The van der Waals surface area contributed by atoms with Crippen LogP contribution in [0, 0.1) is 0 Å². The highest BCUT2D eigenvalue weighted by Crippen LogP contribution is 2.34. The molecule has 22 heavy (non-hydrogen) atoms. The summed E-state index contributed by atoms with van der Waals surface area (Å²) in [4.78, 5) is 26.3. The molecule has 0 unspecified atom stereocenters. The van der Waals surface area contributed by atoms with Crippen molar-refractivity contribution < 1.29 is 9.59 Å². The average molecular weight is 374 g/mol. The highest BCUT2D eigenvalue weighted by Gasteiger charge is 2.34. The maximum Gasteiger partial charge on any atom is 0.293 e. The minimum atomic E-state index is -0.241. The first-order valence-corrected chi connectivity index (χ1v) is 8.30. The molecule has 110 valence electrons. The Morgan fingerprint density at radius 3 is 2.41 bits per heavy atom. The molecule has 1 heterocycles. The van der Waals surface area contributed by atoms with Gasteiger partial charge >= 0.3 is 0 Å². The topological polar surface area (TPSA) is 37.4 Å². The van der Waals surface area contributed by atoms with E-state index in [2.05, 4.69) is 15.9 Å². The van der Waals surface area contributed by atoms with Crippen LogP contribution in [0.4, 0.5) is 4.79 Å². The first-order chi connectivity index (χ1) is 10.6. The summed E-state index contributed by atoms with van der Waals surface area (Å²) in [6, 6.07) is 17.1. The monoisotopic (exact) mass is 373 g/mol. The van der Waals surface area contributed by atoms with Crippen LogP contribution in [0.25, 0.3) is 6.08 Å². The number of nitrogens with zero attached hydrogens (tertiary/aromatic N) is 1. The molecule has 3 rings (SSSR count). The Morgan fingerprint density at radius 2 is 1.68 bits per heavy atom. The predicted octanol–water partition coefficient (Wildman–Crippen LogP) is 4.69. The van der Waals surface area contributed by atoms with Crippen molar-refractivity contribution in [2.75, 3.05) is 0 Å². The van der Waals surface area contributed by atoms with Gasteiger partial charge in [0.05, 0.1) is 11.4 Å². The van der Waals surface area contributed by atoms with Gasteiger partial charge in [-0.2, -0.15) is 0 Å². The van der Waals surface area contributed by atoms with Crippen LogP contribution in [0.2, 0.25) is 0 Å². The van der Waals surface area contributed by atoms with E-state index in [9.17, 15) is 9.59 Å². The summed E-state index contributed by atoms with van der Waals surface area (Å²) in [5, 5.41) is -0.229. The first-order valence-electron chi connectivity index (χ1n) is 6.69. The van der Waals surface area contributed by atoms with E-state index in [4.69, 9.17) is 0 Å². The van der Waals surface area contributed by atoms with Crippen molar-refractivity contribution in [2.24, 2.45) is 0 Å². The molecule has 1 aliphatic heterocycles. The number of benzene rings is 2. The van der Waals surface area contributed by atoms with Gasteiger partial charge < -0.3 is 0 Å². The minimum absolute atomic E-state index is 0.229. The lowest BCUT2D eigenvalue weighted by atomic mass is 10.2. The molecule has 5 heteroatoms. The zero-order chi connectivity index (χ0) is 15.5. The van der Waals surface area contributed by atoms with Gasteiger partial charge in [-0.25, -0.2) is 0 Å². The fraction of sp³-hybridized carbons (Fsp3) is 0.0588. The molecule has 0 atom stereocenters. The molecule has 2 aromatic rings. The van der Waals surface area contributed by atoms with Gasteiger partial charge in [0, 0.05) is 4.47 Å². The molecule has 0 aromatic heterocycles. The van der Waals surface area contributed by atoms with Gasteiger partial charge in [-0.05, 0) is 35.0 Å². The maximum absolute atomic E-state index is 12.4. The van der Waals surface area contributed by atoms with E-state index in [1.807, 2.05) is 54.6 Å². The van der Waals surface area contributed by atoms with Crippen LogP contribution < -0.4 is 0 Å². The number of carbonyl (C=O) groups excluding carboxylic acids is 2. The molecule has 0 bridgehead atoms. The van der Waals surface area contributed by atoms with Gasteiger partial charge in [0.1, 0.15) is 0 Å². The second-order valence-corrected chi connectivity index (χ2v) is 6.62. The SMILES string of the molecule is O=C1S/C(=C\c2ccccc2Br)C(=O)N1Cc1ccccc1. The van der Waals surface area contributed by atoms with Crippen molar-refractivity contribution in [3.8, 4) is 0 Å². The van der Waals surface area contributed by atoms with E-state index in [1.165, 1.54) is 4.90 Å². The Hall–Kier alpha value is -1.85. The standard InChI is InChI=1S/C17H12BrNO2S/c18-14-9-5-4-8-13(14)10-15-16(20)19(17(21)22-15)11-12-6-2-1-3-7-12/h1-10H,11H2/b15-10-. The smallest absolute Gasteiger partial charge is 0.268 e. The predicted molar refractivity (Wildman–Crippen MR) is 92.1 cm³/mol. The lowest BCUT2D eigenvalue weighted by molar-refractivity contribution is -0.123. The van der Waals surface area contributed by atoms with Crippen LogP contribution >= 0.6 is 27.7 Å². The molecule has 1 fully saturated rings. The Bertz CT molecular complexity index is 758. The lowest BCUT2D eigenvalue weighted by Crippen LogP contribution is -2.27. The highest BCUT2D eigenvalue weighted by molar-refractivity contribution is 9.10. The van der Waals surface area contributed by atoms with Crippen LogP contribution in [-0.2, 0) is 11.3 Å². The van der Waals surface area contributed by atoms with Crippen LogP contribution in [0.15, 0.2) is 64.0 Å². The molecule has 0 radical (unpaired) electrons. The molecule has 0 saturated carbocycles. The van der Waals surface area contributed by atoms with Gasteiger partial charge in [0.15, 0.2) is 0 Å². The van der Waals surface area contributed by atoms with E-state index < -0.39 is 0 Å². The number of carbonyl (C=O) groups is 2. The van der Waals surface area contributed by atoms with Crippen LogP contribution in [-0.4, -0.2) is 16.0 Å². The van der Waals surface area contributed by atoms with Crippen LogP contribution in [0.1, 0.15) is 11.1 Å². The molecule has 2 amide bonds. The molecular weight excluding hydrogens is 362 g/mol.